The molecule has 1 heterocycles. The molecule has 1 fully saturated rings. The highest BCUT2D eigenvalue weighted by Gasteiger charge is 2.53. The van der Waals surface area contributed by atoms with Crippen molar-refractivity contribution in [1.82, 2.24) is 4.90 Å². The number of nitrogens with zero attached hydrogens (tertiary/aromatic N) is 1. The van der Waals surface area contributed by atoms with Crippen molar-refractivity contribution in [2.75, 3.05) is 0 Å². The lowest BCUT2D eigenvalue weighted by Crippen LogP contribution is -2.55. The number of carbonyl (C=O) groups is 1. The van der Waals surface area contributed by atoms with Gasteiger partial charge in [-0.1, -0.05) is 51.1 Å². The Labute approximate surface area is 140 Å². The topological polar surface area (TPSA) is 38.8 Å². The average molecular weight is 336 g/mol. The molecule has 0 N–H and O–H groups in total. The van der Waals surface area contributed by atoms with Crippen molar-refractivity contribution in [2.45, 2.75) is 71.3 Å². The lowest BCUT2D eigenvalue weighted by molar-refractivity contribution is -0.231. The first kappa shape index (κ1) is 18.2. The standard InChI is InChI=1S/C18H29NO3Si/c1-14-16(20)19(13-15-11-9-8-10-12-15)18(5,21-14)22-23(6,7)17(2,3)4/h8-12,14H,13H2,1-7H3/t14-,18-/m0/s1. The molecule has 4 nitrogen and oxygen atoms in total. The van der Waals surface area contributed by atoms with E-state index in [4.69, 9.17) is 9.16 Å². The second-order valence-corrected chi connectivity index (χ2v) is 12.7. The number of carbonyl (C=O) groups excluding carboxylic acids is 1. The normalized spacial score (nSPS) is 26.0. The van der Waals surface area contributed by atoms with Crippen LogP contribution in [0.25, 0.3) is 0 Å². The summed E-state index contributed by atoms with van der Waals surface area (Å²) < 4.78 is 12.5. The second kappa shape index (κ2) is 6.04. The van der Waals surface area contributed by atoms with E-state index in [9.17, 15) is 4.79 Å². The summed E-state index contributed by atoms with van der Waals surface area (Å²) in [7, 11) is -2.08. The summed E-state index contributed by atoms with van der Waals surface area (Å²) >= 11 is 0. The maximum atomic E-state index is 12.6. The van der Waals surface area contributed by atoms with Crippen molar-refractivity contribution in [3.8, 4) is 0 Å². The monoisotopic (exact) mass is 335 g/mol. The zero-order chi connectivity index (χ0) is 17.5. The van der Waals surface area contributed by atoms with E-state index < -0.39 is 20.3 Å². The number of amides is 1. The summed E-state index contributed by atoms with van der Waals surface area (Å²) in [5.74, 6) is -1.02. The van der Waals surface area contributed by atoms with Gasteiger partial charge in [-0.05, 0) is 30.6 Å². The largest absolute Gasteiger partial charge is 0.374 e. The van der Waals surface area contributed by atoms with Gasteiger partial charge in [-0.25, -0.2) is 0 Å². The van der Waals surface area contributed by atoms with Gasteiger partial charge in [-0.15, -0.1) is 0 Å². The molecule has 0 spiro atoms. The second-order valence-electron chi connectivity index (χ2n) is 7.93. The molecule has 0 unspecified atom stereocenters. The molecule has 1 amide bonds. The fourth-order valence-electron chi connectivity index (χ4n) is 2.55. The Morgan fingerprint density at radius 3 is 2.35 bits per heavy atom. The van der Waals surface area contributed by atoms with Crippen molar-refractivity contribution in [3.05, 3.63) is 35.9 Å². The van der Waals surface area contributed by atoms with E-state index in [0.717, 1.165) is 5.56 Å². The third-order valence-corrected chi connectivity index (χ3v) is 9.44. The van der Waals surface area contributed by atoms with E-state index >= 15 is 0 Å². The van der Waals surface area contributed by atoms with Crippen LogP contribution in [-0.2, 0) is 20.5 Å². The van der Waals surface area contributed by atoms with Crippen LogP contribution in [-0.4, -0.2) is 31.1 Å². The quantitative estimate of drug-likeness (QED) is 0.777. The fourth-order valence-corrected chi connectivity index (χ4v) is 3.97. The Morgan fingerprint density at radius 1 is 1.26 bits per heavy atom. The van der Waals surface area contributed by atoms with E-state index in [1.54, 1.807) is 11.8 Å². The van der Waals surface area contributed by atoms with Crippen molar-refractivity contribution < 1.29 is 14.0 Å². The predicted molar refractivity (Wildman–Crippen MR) is 94.2 cm³/mol. The van der Waals surface area contributed by atoms with Crippen LogP contribution in [0.15, 0.2) is 30.3 Å². The summed E-state index contributed by atoms with van der Waals surface area (Å²) in [6, 6.07) is 9.96. The molecule has 1 aliphatic rings. The Kier molecular flexibility index (Phi) is 4.77. The minimum absolute atomic E-state index is 0.0185. The fraction of sp³-hybridized carbons (Fsp3) is 0.611. The first-order chi connectivity index (χ1) is 10.5. The van der Waals surface area contributed by atoms with E-state index in [-0.39, 0.29) is 10.9 Å². The molecule has 1 aliphatic heterocycles. The smallest absolute Gasteiger partial charge is 0.255 e. The maximum Gasteiger partial charge on any atom is 0.255 e. The van der Waals surface area contributed by atoms with Crippen LogP contribution in [0, 0.1) is 0 Å². The molecule has 0 radical (unpaired) electrons. The van der Waals surface area contributed by atoms with Gasteiger partial charge in [0.1, 0.15) is 6.10 Å². The lowest BCUT2D eigenvalue weighted by atomic mass is 10.2. The molecule has 0 saturated carbocycles. The third kappa shape index (κ3) is 3.67. The molecule has 2 rings (SSSR count). The van der Waals surface area contributed by atoms with Crippen LogP contribution in [0.3, 0.4) is 0 Å². The molecule has 2 atom stereocenters. The molecular weight excluding hydrogens is 306 g/mol. The SMILES string of the molecule is C[C@@H]1O[C@@](C)(O[Si](C)(C)C(C)(C)C)N(Cc2ccccc2)C1=O. The van der Waals surface area contributed by atoms with Gasteiger partial charge >= 0.3 is 0 Å². The van der Waals surface area contributed by atoms with Gasteiger partial charge in [0.2, 0.25) is 5.91 Å². The Balaban J connectivity index is 2.29. The van der Waals surface area contributed by atoms with Gasteiger partial charge in [0.15, 0.2) is 8.32 Å². The Hall–Kier alpha value is -1.17. The minimum Gasteiger partial charge on any atom is -0.374 e. The van der Waals surface area contributed by atoms with Crippen molar-refractivity contribution in [3.63, 3.8) is 0 Å². The summed E-state index contributed by atoms with van der Waals surface area (Å²) in [6.07, 6.45) is -0.478. The van der Waals surface area contributed by atoms with Crippen LogP contribution in [0.4, 0.5) is 0 Å². The molecule has 1 aromatic carbocycles. The van der Waals surface area contributed by atoms with Crippen LogP contribution in [0.5, 0.6) is 0 Å². The number of hydrogen-bond donors (Lipinski definition) is 0. The van der Waals surface area contributed by atoms with Gasteiger partial charge in [0, 0.05) is 6.92 Å². The lowest BCUT2D eigenvalue weighted by Gasteiger charge is -2.44. The molecule has 5 heteroatoms. The van der Waals surface area contributed by atoms with Gasteiger partial charge in [0.05, 0.1) is 6.54 Å². The molecule has 0 aromatic heterocycles. The van der Waals surface area contributed by atoms with Gasteiger partial charge in [-0.3, -0.25) is 9.69 Å². The minimum atomic E-state index is -2.08. The Morgan fingerprint density at radius 2 is 1.83 bits per heavy atom. The van der Waals surface area contributed by atoms with Crippen LogP contribution < -0.4 is 0 Å². The number of benzene rings is 1. The highest BCUT2D eigenvalue weighted by atomic mass is 28.4. The summed E-state index contributed by atoms with van der Waals surface area (Å²) in [5.41, 5.74) is 1.07. The van der Waals surface area contributed by atoms with E-state index in [1.807, 2.05) is 37.3 Å². The molecular formula is C18H29NO3Si. The highest BCUT2D eigenvalue weighted by molar-refractivity contribution is 6.74. The summed E-state index contributed by atoms with van der Waals surface area (Å²) in [4.78, 5) is 14.3. The summed E-state index contributed by atoms with van der Waals surface area (Å²) in [5, 5.41) is 0.0483. The molecule has 128 valence electrons. The van der Waals surface area contributed by atoms with Gasteiger partial charge < -0.3 is 9.16 Å². The van der Waals surface area contributed by atoms with Crippen molar-refractivity contribution >= 4 is 14.2 Å². The Bertz CT molecular complexity index is 567. The first-order valence-electron chi connectivity index (χ1n) is 8.20. The van der Waals surface area contributed by atoms with E-state index in [2.05, 4.69) is 33.9 Å². The zero-order valence-corrected chi connectivity index (χ0v) is 16.3. The van der Waals surface area contributed by atoms with E-state index in [0.29, 0.717) is 6.54 Å². The molecule has 1 aromatic rings. The predicted octanol–water partition coefficient (Wildman–Crippen LogP) is 4.13. The molecule has 0 bridgehead atoms. The van der Waals surface area contributed by atoms with Crippen molar-refractivity contribution in [1.29, 1.82) is 0 Å². The molecule has 0 aliphatic carbocycles. The molecule has 1 saturated heterocycles. The summed E-state index contributed by atoms with van der Waals surface area (Å²) in [6.45, 7) is 15.1. The maximum absolute atomic E-state index is 12.6. The number of rotatable bonds is 4. The number of ether oxygens (including phenoxy) is 1. The van der Waals surface area contributed by atoms with E-state index in [1.165, 1.54) is 0 Å². The van der Waals surface area contributed by atoms with Crippen LogP contribution in [0.1, 0.15) is 40.2 Å². The van der Waals surface area contributed by atoms with Crippen LogP contribution >= 0.6 is 0 Å². The average Bonchev–Trinajstić information content (AvgIpc) is 2.61. The number of hydrogen-bond acceptors (Lipinski definition) is 3. The third-order valence-electron chi connectivity index (χ3n) is 4.93. The first-order valence-corrected chi connectivity index (χ1v) is 11.1. The van der Waals surface area contributed by atoms with Gasteiger partial charge in [-0.2, -0.15) is 0 Å². The van der Waals surface area contributed by atoms with Gasteiger partial charge in [0.25, 0.3) is 5.91 Å². The van der Waals surface area contributed by atoms with Crippen molar-refractivity contribution in [2.24, 2.45) is 0 Å². The zero-order valence-electron chi connectivity index (χ0n) is 15.3. The van der Waals surface area contributed by atoms with Crippen LogP contribution in [0.2, 0.25) is 18.1 Å². The molecule has 23 heavy (non-hydrogen) atoms. The highest BCUT2D eigenvalue weighted by Crippen LogP contribution is 2.42.